The molecule has 0 bridgehead atoms. The van der Waals surface area contributed by atoms with Gasteiger partial charge in [-0.05, 0) is 29.3 Å². The Bertz CT molecular complexity index is 564. The second-order valence-corrected chi connectivity index (χ2v) is 3.82. The molecule has 0 saturated heterocycles. The van der Waals surface area contributed by atoms with Crippen LogP contribution in [-0.4, -0.2) is 12.5 Å². The maximum Gasteiger partial charge on any atom is 0.262 e. The van der Waals surface area contributed by atoms with Crippen molar-refractivity contribution in [3.8, 4) is 16.9 Å². The van der Waals surface area contributed by atoms with E-state index in [9.17, 15) is 4.79 Å². The van der Waals surface area contributed by atoms with Crippen molar-refractivity contribution < 1.29 is 9.53 Å². The predicted molar refractivity (Wildman–Crippen MR) is 64.8 cm³/mol. The number of hydrogen-bond acceptors (Lipinski definition) is 2. The normalized spacial score (nSPS) is 13.5. The van der Waals surface area contributed by atoms with Crippen LogP contribution in [0.3, 0.4) is 0 Å². The maximum absolute atomic E-state index is 11.2. The van der Waals surface area contributed by atoms with Gasteiger partial charge >= 0.3 is 0 Å². The average molecular weight is 224 g/mol. The van der Waals surface area contributed by atoms with Crippen LogP contribution in [0.5, 0.6) is 5.75 Å². The van der Waals surface area contributed by atoms with Crippen LogP contribution in [0.25, 0.3) is 11.1 Å². The van der Waals surface area contributed by atoms with Gasteiger partial charge in [-0.1, -0.05) is 30.3 Å². The molecule has 0 aromatic heterocycles. The van der Waals surface area contributed by atoms with Gasteiger partial charge in [0.1, 0.15) is 5.75 Å². The highest BCUT2D eigenvalue weighted by molar-refractivity contribution is 5.96. The van der Waals surface area contributed by atoms with E-state index in [0.29, 0.717) is 5.75 Å². The molecule has 3 rings (SSSR count). The molecule has 1 radical (unpaired) electrons. The molecule has 1 aliphatic rings. The van der Waals surface area contributed by atoms with Crippen LogP contribution >= 0.6 is 0 Å². The van der Waals surface area contributed by atoms with Gasteiger partial charge in [0.2, 0.25) is 0 Å². The SMILES string of the molecule is O=C1COc2ccc(-c3[c]cccc3)cc2N1. The van der Waals surface area contributed by atoms with Gasteiger partial charge in [-0.15, -0.1) is 0 Å². The molecule has 83 valence electrons. The summed E-state index contributed by atoms with van der Waals surface area (Å²) in [7, 11) is 0. The summed E-state index contributed by atoms with van der Waals surface area (Å²) in [6.45, 7) is 0.0871. The van der Waals surface area contributed by atoms with Crippen molar-refractivity contribution in [2.45, 2.75) is 0 Å². The zero-order chi connectivity index (χ0) is 11.7. The Labute approximate surface area is 99.0 Å². The zero-order valence-corrected chi connectivity index (χ0v) is 9.07. The molecule has 1 aliphatic heterocycles. The van der Waals surface area contributed by atoms with Crippen molar-refractivity contribution in [2.75, 3.05) is 11.9 Å². The van der Waals surface area contributed by atoms with E-state index in [1.165, 1.54) is 0 Å². The Morgan fingerprint density at radius 3 is 3.00 bits per heavy atom. The second kappa shape index (κ2) is 3.94. The van der Waals surface area contributed by atoms with E-state index in [0.717, 1.165) is 16.8 Å². The highest BCUT2D eigenvalue weighted by Gasteiger charge is 2.15. The summed E-state index contributed by atoms with van der Waals surface area (Å²) >= 11 is 0. The fourth-order valence-electron chi connectivity index (χ4n) is 1.82. The van der Waals surface area contributed by atoms with E-state index in [1.54, 1.807) is 0 Å². The van der Waals surface area contributed by atoms with Gasteiger partial charge in [0.25, 0.3) is 5.91 Å². The van der Waals surface area contributed by atoms with E-state index in [-0.39, 0.29) is 12.5 Å². The van der Waals surface area contributed by atoms with Gasteiger partial charge in [-0.3, -0.25) is 4.79 Å². The molecular formula is C14H10NO2. The number of rotatable bonds is 1. The highest BCUT2D eigenvalue weighted by atomic mass is 16.5. The molecule has 0 unspecified atom stereocenters. The quantitative estimate of drug-likeness (QED) is 0.808. The molecule has 3 nitrogen and oxygen atoms in total. The Balaban J connectivity index is 2.04. The van der Waals surface area contributed by atoms with Gasteiger partial charge in [0.05, 0.1) is 5.69 Å². The molecule has 0 fully saturated rings. The summed E-state index contributed by atoms with van der Waals surface area (Å²) in [5, 5.41) is 2.79. The summed E-state index contributed by atoms with van der Waals surface area (Å²) in [5.74, 6) is 0.593. The topological polar surface area (TPSA) is 38.3 Å². The van der Waals surface area contributed by atoms with Crippen LogP contribution < -0.4 is 10.1 Å². The largest absolute Gasteiger partial charge is 0.482 e. The van der Waals surface area contributed by atoms with Crippen LogP contribution in [0.2, 0.25) is 0 Å². The molecular weight excluding hydrogens is 214 g/mol. The number of nitrogens with one attached hydrogen (secondary N) is 1. The van der Waals surface area contributed by atoms with Crippen molar-refractivity contribution in [1.29, 1.82) is 0 Å². The molecule has 1 amide bonds. The number of ether oxygens (including phenoxy) is 1. The third-order valence-corrected chi connectivity index (χ3v) is 2.63. The van der Waals surface area contributed by atoms with E-state index in [2.05, 4.69) is 11.4 Å². The van der Waals surface area contributed by atoms with Crippen LogP contribution in [-0.2, 0) is 4.79 Å². The van der Waals surface area contributed by atoms with Crippen molar-refractivity contribution >= 4 is 11.6 Å². The number of carbonyl (C=O) groups excluding carboxylic acids is 1. The van der Waals surface area contributed by atoms with Gasteiger partial charge in [0.15, 0.2) is 6.61 Å². The Kier molecular flexibility index (Phi) is 2.29. The van der Waals surface area contributed by atoms with Gasteiger partial charge in [-0.2, -0.15) is 0 Å². The smallest absolute Gasteiger partial charge is 0.262 e. The monoisotopic (exact) mass is 224 g/mol. The molecule has 2 aromatic carbocycles. The third kappa shape index (κ3) is 1.87. The lowest BCUT2D eigenvalue weighted by atomic mass is 10.0. The lowest BCUT2D eigenvalue weighted by Gasteiger charge is -2.18. The van der Waals surface area contributed by atoms with Crippen LogP contribution in [0.1, 0.15) is 0 Å². The summed E-state index contributed by atoms with van der Waals surface area (Å²) < 4.78 is 5.30. The summed E-state index contributed by atoms with van der Waals surface area (Å²) in [6, 6.07) is 16.6. The highest BCUT2D eigenvalue weighted by Crippen LogP contribution is 2.32. The summed E-state index contributed by atoms with van der Waals surface area (Å²) in [4.78, 5) is 11.2. The number of hydrogen-bond donors (Lipinski definition) is 1. The second-order valence-electron chi connectivity index (χ2n) is 3.82. The van der Waals surface area contributed by atoms with E-state index >= 15 is 0 Å². The first-order chi connectivity index (χ1) is 8.33. The summed E-state index contributed by atoms with van der Waals surface area (Å²) in [5.41, 5.74) is 2.72. The molecule has 1 heterocycles. The van der Waals surface area contributed by atoms with Gasteiger partial charge < -0.3 is 10.1 Å². The summed E-state index contributed by atoms with van der Waals surface area (Å²) in [6.07, 6.45) is 0. The minimum atomic E-state index is -0.119. The van der Waals surface area contributed by atoms with Crippen molar-refractivity contribution in [1.82, 2.24) is 0 Å². The Hall–Kier alpha value is -2.29. The molecule has 2 aromatic rings. The minimum absolute atomic E-state index is 0.0871. The average Bonchev–Trinajstić information content (AvgIpc) is 2.39. The first-order valence-corrected chi connectivity index (χ1v) is 5.37. The molecule has 17 heavy (non-hydrogen) atoms. The fraction of sp³-hybridized carbons (Fsp3) is 0.0714. The van der Waals surface area contributed by atoms with Crippen LogP contribution in [0.4, 0.5) is 5.69 Å². The number of amides is 1. The van der Waals surface area contributed by atoms with Crippen LogP contribution in [0.15, 0.2) is 42.5 Å². The zero-order valence-electron chi connectivity index (χ0n) is 9.07. The fourth-order valence-corrected chi connectivity index (χ4v) is 1.82. The van der Waals surface area contributed by atoms with Crippen molar-refractivity contribution in [3.05, 3.63) is 48.5 Å². The molecule has 0 aliphatic carbocycles. The Morgan fingerprint density at radius 2 is 2.18 bits per heavy atom. The Morgan fingerprint density at radius 1 is 1.24 bits per heavy atom. The van der Waals surface area contributed by atoms with Crippen LogP contribution in [0, 0.1) is 6.07 Å². The van der Waals surface area contributed by atoms with E-state index in [1.807, 2.05) is 42.5 Å². The van der Waals surface area contributed by atoms with Crippen molar-refractivity contribution in [3.63, 3.8) is 0 Å². The van der Waals surface area contributed by atoms with E-state index in [4.69, 9.17) is 4.74 Å². The molecule has 0 atom stereocenters. The number of carbonyl (C=O) groups is 1. The lowest BCUT2D eigenvalue weighted by Crippen LogP contribution is -2.25. The molecule has 3 heteroatoms. The van der Waals surface area contributed by atoms with Gasteiger partial charge in [0, 0.05) is 0 Å². The third-order valence-electron chi connectivity index (χ3n) is 2.63. The van der Waals surface area contributed by atoms with Gasteiger partial charge in [-0.25, -0.2) is 0 Å². The molecule has 0 spiro atoms. The number of benzene rings is 2. The predicted octanol–water partition coefficient (Wildman–Crippen LogP) is 2.48. The molecule has 0 saturated carbocycles. The number of fused-ring (bicyclic) bond motifs is 1. The first kappa shape index (κ1) is 9.90. The minimum Gasteiger partial charge on any atom is -0.482 e. The standard InChI is InChI=1S/C14H10NO2/c16-14-9-17-13-7-6-11(8-12(13)15-14)10-4-2-1-3-5-10/h1-4,6-8H,9H2,(H,15,16). The number of anilines is 1. The maximum atomic E-state index is 11.2. The van der Waals surface area contributed by atoms with Crippen molar-refractivity contribution in [2.24, 2.45) is 0 Å². The van der Waals surface area contributed by atoms with E-state index < -0.39 is 0 Å². The first-order valence-electron chi connectivity index (χ1n) is 5.37. The lowest BCUT2D eigenvalue weighted by molar-refractivity contribution is -0.118. The molecule has 1 N–H and O–H groups in total.